The summed E-state index contributed by atoms with van der Waals surface area (Å²) >= 11 is 1.75. The Morgan fingerprint density at radius 2 is 2.00 bits per heavy atom. The Kier molecular flexibility index (Phi) is 3.90. The zero-order valence-electron chi connectivity index (χ0n) is 14.4. The maximum atomic E-state index is 13.3. The normalized spacial score (nSPS) is 16.3. The number of aromatic nitrogens is 1. The van der Waals surface area contributed by atoms with Crippen LogP contribution >= 0.6 is 11.3 Å². The molecule has 0 radical (unpaired) electrons. The van der Waals surface area contributed by atoms with Crippen molar-refractivity contribution in [2.24, 2.45) is 0 Å². The Labute approximate surface area is 159 Å². The Bertz CT molecular complexity index is 1070. The quantitative estimate of drug-likeness (QED) is 0.516. The zero-order valence-corrected chi connectivity index (χ0v) is 15.2. The predicted octanol–water partition coefficient (Wildman–Crippen LogP) is 4.78. The first kappa shape index (κ1) is 16.1. The zero-order chi connectivity index (χ0) is 18.2. The number of furan rings is 1. The standard InChI is InChI=1S/C21H16N2O3S/c24-21(16-13-18(26-22-16)17-7-4-11-25-17)23-10-8-19-15(9-12-27-19)20(23)14-5-2-1-3-6-14/h1-7,9,11-13,20H,8,10H2. The Balaban J connectivity index is 1.52. The molecule has 0 aliphatic carbocycles. The van der Waals surface area contributed by atoms with E-state index < -0.39 is 0 Å². The molecule has 0 fully saturated rings. The molecule has 0 saturated heterocycles. The van der Waals surface area contributed by atoms with Crippen molar-refractivity contribution in [3.05, 3.63) is 87.9 Å². The summed E-state index contributed by atoms with van der Waals surface area (Å²) in [6, 6.07) is 17.3. The Morgan fingerprint density at radius 1 is 1.11 bits per heavy atom. The van der Waals surface area contributed by atoms with E-state index in [2.05, 4.69) is 28.7 Å². The molecule has 1 amide bonds. The van der Waals surface area contributed by atoms with Gasteiger partial charge >= 0.3 is 0 Å². The summed E-state index contributed by atoms with van der Waals surface area (Å²) in [6.07, 6.45) is 2.42. The molecule has 4 aromatic rings. The van der Waals surface area contributed by atoms with Crippen LogP contribution in [0.1, 0.15) is 32.5 Å². The number of thiophene rings is 1. The monoisotopic (exact) mass is 376 g/mol. The van der Waals surface area contributed by atoms with E-state index in [-0.39, 0.29) is 11.9 Å². The van der Waals surface area contributed by atoms with Gasteiger partial charge in [-0.05, 0) is 41.1 Å². The third-order valence-corrected chi connectivity index (χ3v) is 5.83. The number of fused-ring (bicyclic) bond motifs is 1. The van der Waals surface area contributed by atoms with E-state index in [4.69, 9.17) is 8.94 Å². The molecule has 3 aromatic heterocycles. The highest BCUT2D eigenvalue weighted by molar-refractivity contribution is 7.10. The van der Waals surface area contributed by atoms with E-state index in [1.807, 2.05) is 23.1 Å². The molecular weight excluding hydrogens is 360 g/mol. The highest BCUT2D eigenvalue weighted by Crippen LogP contribution is 2.38. The van der Waals surface area contributed by atoms with E-state index in [1.54, 1.807) is 35.8 Å². The minimum atomic E-state index is -0.137. The lowest BCUT2D eigenvalue weighted by Gasteiger charge is -2.35. The summed E-state index contributed by atoms with van der Waals surface area (Å²) in [7, 11) is 0. The van der Waals surface area contributed by atoms with Gasteiger partial charge in [-0.3, -0.25) is 4.79 Å². The largest absolute Gasteiger partial charge is 0.461 e. The van der Waals surface area contributed by atoms with Crippen LogP contribution in [0.5, 0.6) is 0 Å². The average Bonchev–Trinajstić information content (AvgIpc) is 3.48. The molecular formula is C21H16N2O3S. The van der Waals surface area contributed by atoms with Gasteiger partial charge in [0.2, 0.25) is 5.76 Å². The van der Waals surface area contributed by atoms with E-state index in [0.29, 0.717) is 23.8 Å². The number of benzene rings is 1. The minimum Gasteiger partial charge on any atom is -0.461 e. The molecule has 0 N–H and O–H groups in total. The molecule has 5 nitrogen and oxygen atoms in total. The summed E-state index contributed by atoms with van der Waals surface area (Å²) in [5.41, 5.74) is 2.58. The van der Waals surface area contributed by atoms with Crippen LogP contribution in [-0.2, 0) is 6.42 Å². The van der Waals surface area contributed by atoms with E-state index in [1.165, 1.54) is 10.4 Å². The third-order valence-electron chi connectivity index (χ3n) is 4.84. The molecule has 1 unspecified atom stereocenters. The van der Waals surface area contributed by atoms with Crippen molar-refractivity contribution in [2.75, 3.05) is 6.54 Å². The van der Waals surface area contributed by atoms with Crippen LogP contribution in [0, 0.1) is 0 Å². The molecule has 1 aromatic carbocycles. The molecule has 5 rings (SSSR count). The lowest BCUT2D eigenvalue weighted by atomic mass is 9.93. The van der Waals surface area contributed by atoms with Crippen LogP contribution in [-0.4, -0.2) is 22.5 Å². The molecule has 0 spiro atoms. The van der Waals surface area contributed by atoms with Crippen molar-refractivity contribution in [2.45, 2.75) is 12.5 Å². The molecule has 1 aliphatic rings. The van der Waals surface area contributed by atoms with Crippen molar-refractivity contribution in [3.63, 3.8) is 0 Å². The third kappa shape index (κ3) is 2.78. The Morgan fingerprint density at radius 3 is 2.81 bits per heavy atom. The fraction of sp³-hybridized carbons (Fsp3) is 0.143. The van der Waals surface area contributed by atoms with Gasteiger partial charge in [0.25, 0.3) is 5.91 Å². The fourth-order valence-corrected chi connectivity index (χ4v) is 4.49. The van der Waals surface area contributed by atoms with Gasteiger partial charge in [-0.25, -0.2) is 0 Å². The van der Waals surface area contributed by atoms with Crippen LogP contribution in [0.15, 0.2) is 75.2 Å². The van der Waals surface area contributed by atoms with Gasteiger partial charge in [0.15, 0.2) is 11.5 Å². The van der Waals surface area contributed by atoms with E-state index in [9.17, 15) is 4.79 Å². The fourth-order valence-electron chi connectivity index (χ4n) is 3.59. The van der Waals surface area contributed by atoms with Crippen LogP contribution < -0.4 is 0 Å². The maximum absolute atomic E-state index is 13.3. The molecule has 6 heteroatoms. The van der Waals surface area contributed by atoms with Crippen molar-refractivity contribution < 1.29 is 13.7 Å². The van der Waals surface area contributed by atoms with Gasteiger partial charge in [0, 0.05) is 17.5 Å². The second-order valence-corrected chi connectivity index (χ2v) is 7.42. The smallest absolute Gasteiger partial charge is 0.276 e. The number of hydrogen-bond acceptors (Lipinski definition) is 5. The van der Waals surface area contributed by atoms with Crippen LogP contribution in [0.4, 0.5) is 0 Å². The second kappa shape index (κ2) is 6.55. The summed E-state index contributed by atoms with van der Waals surface area (Å²) in [5, 5.41) is 6.09. The molecule has 1 aliphatic heterocycles. The van der Waals surface area contributed by atoms with Gasteiger partial charge in [-0.15, -0.1) is 11.3 Å². The first-order valence-electron chi connectivity index (χ1n) is 8.74. The predicted molar refractivity (Wildman–Crippen MR) is 102 cm³/mol. The van der Waals surface area contributed by atoms with Crippen molar-refractivity contribution >= 4 is 17.2 Å². The highest BCUT2D eigenvalue weighted by atomic mass is 32.1. The van der Waals surface area contributed by atoms with Crippen molar-refractivity contribution in [3.8, 4) is 11.5 Å². The second-order valence-electron chi connectivity index (χ2n) is 6.41. The number of hydrogen-bond donors (Lipinski definition) is 0. The molecule has 1 atom stereocenters. The molecule has 4 heterocycles. The lowest BCUT2D eigenvalue weighted by molar-refractivity contribution is 0.0685. The summed E-state index contributed by atoms with van der Waals surface area (Å²) in [6.45, 7) is 0.648. The summed E-state index contributed by atoms with van der Waals surface area (Å²) in [4.78, 5) is 16.5. The summed E-state index contributed by atoms with van der Waals surface area (Å²) in [5.74, 6) is 0.870. The number of carbonyl (C=O) groups excluding carboxylic acids is 1. The molecule has 27 heavy (non-hydrogen) atoms. The summed E-state index contributed by atoms with van der Waals surface area (Å²) < 4.78 is 10.7. The Hall–Kier alpha value is -3.12. The van der Waals surface area contributed by atoms with Crippen LogP contribution in [0.25, 0.3) is 11.5 Å². The molecule has 0 bridgehead atoms. The average molecular weight is 376 g/mol. The molecule has 134 valence electrons. The minimum absolute atomic E-state index is 0.113. The number of carbonyl (C=O) groups is 1. The lowest BCUT2D eigenvalue weighted by Crippen LogP contribution is -2.40. The van der Waals surface area contributed by atoms with Gasteiger partial charge in [0.1, 0.15) is 0 Å². The first-order valence-corrected chi connectivity index (χ1v) is 9.62. The molecule has 0 saturated carbocycles. The highest BCUT2D eigenvalue weighted by Gasteiger charge is 2.34. The van der Waals surface area contributed by atoms with Crippen LogP contribution in [0.2, 0.25) is 0 Å². The SMILES string of the molecule is O=C(c1cc(-c2ccco2)on1)N1CCc2sccc2C1c1ccccc1. The topological polar surface area (TPSA) is 59.5 Å². The number of amides is 1. The number of nitrogens with zero attached hydrogens (tertiary/aromatic N) is 2. The maximum Gasteiger partial charge on any atom is 0.276 e. The number of rotatable bonds is 3. The van der Waals surface area contributed by atoms with E-state index >= 15 is 0 Å². The van der Waals surface area contributed by atoms with Gasteiger partial charge < -0.3 is 13.8 Å². The van der Waals surface area contributed by atoms with Gasteiger partial charge in [-0.2, -0.15) is 0 Å². The van der Waals surface area contributed by atoms with Crippen molar-refractivity contribution in [1.82, 2.24) is 10.1 Å². The first-order chi connectivity index (χ1) is 13.3. The van der Waals surface area contributed by atoms with Crippen LogP contribution in [0.3, 0.4) is 0 Å². The van der Waals surface area contributed by atoms with Gasteiger partial charge in [-0.1, -0.05) is 35.5 Å². The van der Waals surface area contributed by atoms with Crippen molar-refractivity contribution in [1.29, 1.82) is 0 Å². The van der Waals surface area contributed by atoms with E-state index in [0.717, 1.165) is 12.0 Å². The van der Waals surface area contributed by atoms with Gasteiger partial charge in [0.05, 0.1) is 12.3 Å².